The lowest BCUT2D eigenvalue weighted by molar-refractivity contribution is -0.114. The van der Waals surface area contributed by atoms with Crippen LogP contribution < -0.4 is 9.62 Å². The summed E-state index contributed by atoms with van der Waals surface area (Å²) in [6.07, 6.45) is 0. The van der Waals surface area contributed by atoms with E-state index in [0.717, 1.165) is 11.1 Å². The van der Waals surface area contributed by atoms with Gasteiger partial charge in [-0.15, -0.1) is 0 Å². The highest BCUT2D eigenvalue weighted by Crippen LogP contribution is 2.43. The van der Waals surface area contributed by atoms with Gasteiger partial charge in [-0.2, -0.15) is 0 Å². The molecule has 30 heavy (non-hydrogen) atoms. The van der Waals surface area contributed by atoms with E-state index in [4.69, 9.17) is 0 Å². The van der Waals surface area contributed by atoms with Gasteiger partial charge in [0.15, 0.2) is 0 Å². The molecule has 4 rings (SSSR count). The van der Waals surface area contributed by atoms with Gasteiger partial charge >= 0.3 is 0 Å². The van der Waals surface area contributed by atoms with Gasteiger partial charge in [0, 0.05) is 16.8 Å². The molecule has 1 aliphatic heterocycles. The average Bonchev–Trinajstić information content (AvgIpc) is 2.72. The van der Waals surface area contributed by atoms with Crippen molar-refractivity contribution in [3.63, 3.8) is 0 Å². The second-order valence-electron chi connectivity index (χ2n) is 7.85. The van der Waals surface area contributed by atoms with Gasteiger partial charge in [-0.25, -0.2) is 8.42 Å². The Morgan fingerprint density at radius 1 is 0.967 bits per heavy atom. The minimum atomic E-state index is -3.84. The standard InChI is InChI=1S/C24H24N2O3S/c1-16(2)18-9-11-19(12-10-18)25-24(27)15-26-22-13-8-17(3)14-21(22)20-6-4-5-7-23(20)30(26,28)29/h4-14,16H,15H2,1-3H3,(H,25,27). The Balaban J connectivity index is 1.66. The highest BCUT2D eigenvalue weighted by Gasteiger charge is 2.35. The van der Waals surface area contributed by atoms with Crippen LogP contribution in [0.2, 0.25) is 0 Å². The smallest absolute Gasteiger partial charge is 0.265 e. The molecule has 1 aliphatic rings. The monoisotopic (exact) mass is 420 g/mol. The van der Waals surface area contributed by atoms with Crippen molar-refractivity contribution in [1.82, 2.24) is 0 Å². The predicted molar refractivity (Wildman–Crippen MR) is 120 cm³/mol. The summed E-state index contributed by atoms with van der Waals surface area (Å²) in [4.78, 5) is 13.0. The molecular weight excluding hydrogens is 396 g/mol. The minimum Gasteiger partial charge on any atom is -0.325 e. The Kier molecular flexibility index (Phi) is 5.12. The number of rotatable bonds is 4. The maximum absolute atomic E-state index is 13.3. The first-order chi connectivity index (χ1) is 14.3. The molecule has 0 spiro atoms. The molecule has 1 heterocycles. The number of amides is 1. The lowest BCUT2D eigenvalue weighted by Gasteiger charge is -2.31. The number of benzene rings is 3. The number of nitrogens with zero attached hydrogens (tertiary/aromatic N) is 1. The third kappa shape index (κ3) is 3.59. The Morgan fingerprint density at radius 3 is 2.37 bits per heavy atom. The molecule has 1 N–H and O–H groups in total. The highest BCUT2D eigenvalue weighted by atomic mass is 32.2. The Labute approximate surface area is 177 Å². The van der Waals surface area contributed by atoms with Crippen molar-refractivity contribution < 1.29 is 13.2 Å². The summed E-state index contributed by atoms with van der Waals surface area (Å²) in [6, 6.07) is 20.1. The molecule has 3 aromatic rings. The van der Waals surface area contributed by atoms with Gasteiger partial charge in [0.05, 0.1) is 10.6 Å². The molecule has 1 amide bonds. The molecule has 3 aromatic carbocycles. The van der Waals surface area contributed by atoms with E-state index >= 15 is 0 Å². The quantitative estimate of drug-likeness (QED) is 0.651. The number of hydrogen-bond donors (Lipinski definition) is 1. The number of carbonyl (C=O) groups is 1. The van der Waals surface area contributed by atoms with Crippen LogP contribution in [0.3, 0.4) is 0 Å². The Bertz CT molecular complexity index is 1220. The van der Waals surface area contributed by atoms with Crippen LogP contribution >= 0.6 is 0 Å². The van der Waals surface area contributed by atoms with Gasteiger partial charge in [-0.3, -0.25) is 9.10 Å². The average molecular weight is 421 g/mol. The van der Waals surface area contributed by atoms with Crippen LogP contribution in [0.4, 0.5) is 11.4 Å². The normalized spacial score (nSPS) is 14.2. The maximum Gasteiger partial charge on any atom is 0.265 e. The second kappa shape index (κ2) is 7.61. The summed E-state index contributed by atoms with van der Waals surface area (Å²) in [5.41, 5.74) is 4.84. The molecule has 0 bridgehead atoms. The summed E-state index contributed by atoms with van der Waals surface area (Å²) in [6.45, 7) is 5.88. The van der Waals surface area contributed by atoms with E-state index in [1.54, 1.807) is 24.3 Å². The van der Waals surface area contributed by atoms with Crippen LogP contribution in [0.1, 0.15) is 30.9 Å². The van der Waals surface area contributed by atoms with Gasteiger partial charge < -0.3 is 5.32 Å². The van der Waals surface area contributed by atoms with E-state index < -0.39 is 10.0 Å². The fourth-order valence-electron chi connectivity index (χ4n) is 3.70. The second-order valence-corrected chi connectivity index (χ2v) is 9.68. The fraction of sp³-hybridized carbons (Fsp3) is 0.208. The Morgan fingerprint density at radius 2 is 1.67 bits per heavy atom. The summed E-state index contributed by atoms with van der Waals surface area (Å²) in [5.74, 6) is 0.00930. The molecule has 0 fully saturated rings. The number of fused-ring (bicyclic) bond motifs is 3. The van der Waals surface area contributed by atoms with Crippen molar-refractivity contribution in [2.24, 2.45) is 0 Å². The molecule has 0 saturated carbocycles. The van der Waals surface area contributed by atoms with Gasteiger partial charge in [0.1, 0.15) is 6.54 Å². The van der Waals surface area contributed by atoms with Gasteiger partial charge in [0.25, 0.3) is 10.0 Å². The number of aryl methyl sites for hydroxylation is 1. The molecular formula is C24H24N2O3S. The predicted octanol–water partition coefficient (Wildman–Crippen LogP) is 4.93. The van der Waals surface area contributed by atoms with E-state index in [1.807, 2.05) is 49.4 Å². The van der Waals surface area contributed by atoms with Gasteiger partial charge in [-0.05, 0) is 48.7 Å². The van der Waals surface area contributed by atoms with E-state index in [2.05, 4.69) is 19.2 Å². The van der Waals surface area contributed by atoms with E-state index in [1.165, 1.54) is 9.87 Å². The van der Waals surface area contributed by atoms with Gasteiger partial charge in [-0.1, -0.05) is 55.8 Å². The molecule has 0 saturated heterocycles. The van der Waals surface area contributed by atoms with Crippen LogP contribution in [-0.4, -0.2) is 20.9 Å². The number of nitrogens with one attached hydrogen (secondary N) is 1. The van der Waals surface area contributed by atoms with Crippen molar-refractivity contribution in [3.05, 3.63) is 77.9 Å². The zero-order valence-electron chi connectivity index (χ0n) is 17.2. The zero-order chi connectivity index (χ0) is 21.5. The number of anilines is 2. The van der Waals surface area contributed by atoms with Crippen LogP contribution in [0.25, 0.3) is 11.1 Å². The molecule has 0 radical (unpaired) electrons. The maximum atomic E-state index is 13.3. The molecule has 0 aromatic heterocycles. The number of hydrogen-bond acceptors (Lipinski definition) is 3. The van der Waals surface area contributed by atoms with E-state index in [-0.39, 0.29) is 17.3 Å². The Hall–Kier alpha value is -3.12. The molecule has 0 atom stereocenters. The van der Waals surface area contributed by atoms with Crippen molar-refractivity contribution in [2.75, 3.05) is 16.2 Å². The third-order valence-electron chi connectivity index (χ3n) is 5.31. The lowest BCUT2D eigenvalue weighted by Crippen LogP contribution is -2.40. The topological polar surface area (TPSA) is 66.5 Å². The van der Waals surface area contributed by atoms with Crippen molar-refractivity contribution in [3.8, 4) is 11.1 Å². The first-order valence-corrected chi connectivity index (χ1v) is 11.3. The van der Waals surface area contributed by atoms with Crippen molar-refractivity contribution >= 4 is 27.3 Å². The SMILES string of the molecule is Cc1ccc2c(c1)-c1ccccc1S(=O)(=O)N2CC(=O)Nc1ccc(C(C)C)cc1. The number of sulfonamides is 1. The summed E-state index contributed by atoms with van der Waals surface area (Å²) < 4.78 is 27.8. The van der Waals surface area contributed by atoms with Crippen LogP contribution in [0.5, 0.6) is 0 Å². The highest BCUT2D eigenvalue weighted by molar-refractivity contribution is 7.93. The molecule has 0 aliphatic carbocycles. The van der Waals surface area contributed by atoms with Crippen molar-refractivity contribution in [1.29, 1.82) is 0 Å². The van der Waals surface area contributed by atoms with Gasteiger partial charge in [0.2, 0.25) is 5.91 Å². The molecule has 5 nitrogen and oxygen atoms in total. The summed E-state index contributed by atoms with van der Waals surface area (Å²) in [7, 11) is -3.84. The van der Waals surface area contributed by atoms with E-state index in [0.29, 0.717) is 22.9 Å². The van der Waals surface area contributed by atoms with Crippen molar-refractivity contribution in [2.45, 2.75) is 31.6 Å². The molecule has 154 valence electrons. The lowest BCUT2D eigenvalue weighted by atomic mass is 10.0. The molecule has 6 heteroatoms. The van der Waals surface area contributed by atoms with Crippen LogP contribution in [0, 0.1) is 6.92 Å². The number of carbonyl (C=O) groups excluding carboxylic acids is 1. The van der Waals surface area contributed by atoms with Crippen LogP contribution in [-0.2, 0) is 14.8 Å². The minimum absolute atomic E-state index is 0.220. The first kappa shape index (κ1) is 20.2. The summed E-state index contributed by atoms with van der Waals surface area (Å²) in [5, 5.41) is 2.81. The third-order valence-corrected chi connectivity index (χ3v) is 7.13. The summed E-state index contributed by atoms with van der Waals surface area (Å²) >= 11 is 0. The van der Waals surface area contributed by atoms with E-state index in [9.17, 15) is 13.2 Å². The fourth-order valence-corrected chi connectivity index (χ4v) is 5.35. The van der Waals surface area contributed by atoms with Crippen LogP contribution in [0.15, 0.2) is 71.6 Å². The largest absolute Gasteiger partial charge is 0.325 e. The molecule has 0 unspecified atom stereocenters. The first-order valence-electron chi connectivity index (χ1n) is 9.90. The zero-order valence-corrected chi connectivity index (χ0v) is 18.0.